The zero-order chi connectivity index (χ0) is 16.9. The molecule has 1 aromatic heterocycles. The van der Waals surface area contributed by atoms with Crippen LogP contribution in [0.3, 0.4) is 0 Å². The quantitative estimate of drug-likeness (QED) is 0.662. The molecule has 23 heavy (non-hydrogen) atoms. The monoisotopic (exact) mass is 317 g/mol. The number of guanidine groups is 1. The normalized spacial score (nSPS) is 18.6. The first kappa shape index (κ1) is 17.6. The summed E-state index contributed by atoms with van der Waals surface area (Å²) in [6.45, 7) is 5.40. The number of nitrogens with zero attached hydrogens (tertiary/aromatic N) is 3. The number of aliphatic imine (C=N–C) groups is 1. The Morgan fingerprint density at radius 3 is 2.61 bits per heavy atom. The van der Waals surface area contributed by atoms with Crippen LogP contribution in [0.4, 0.5) is 5.82 Å². The lowest BCUT2D eigenvalue weighted by Gasteiger charge is -2.35. The Bertz CT molecular complexity index is 526. The lowest BCUT2D eigenvalue weighted by atomic mass is 9.75. The largest absolute Gasteiger partial charge is 0.363 e. The van der Waals surface area contributed by atoms with Gasteiger partial charge in [0, 0.05) is 27.2 Å². The maximum Gasteiger partial charge on any atom is 0.191 e. The van der Waals surface area contributed by atoms with Gasteiger partial charge >= 0.3 is 0 Å². The molecule has 1 fully saturated rings. The molecule has 2 N–H and O–H groups in total. The van der Waals surface area contributed by atoms with Crippen molar-refractivity contribution in [3.8, 4) is 0 Å². The van der Waals surface area contributed by atoms with E-state index >= 15 is 0 Å². The maximum absolute atomic E-state index is 4.63. The van der Waals surface area contributed by atoms with Gasteiger partial charge in [-0.3, -0.25) is 4.99 Å². The van der Waals surface area contributed by atoms with E-state index in [1.165, 1.54) is 25.7 Å². The number of aromatic nitrogens is 1. The smallest absolute Gasteiger partial charge is 0.191 e. The molecule has 0 spiro atoms. The van der Waals surface area contributed by atoms with Gasteiger partial charge < -0.3 is 15.5 Å². The molecule has 0 aromatic carbocycles. The molecule has 2 rings (SSSR count). The Labute approximate surface area is 140 Å². The minimum atomic E-state index is 0.492. The van der Waals surface area contributed by atoms with Gasteiger partial charge in [-0.2, -0.15) is 0 Å². The minimum Gasteiger partial charge on any atom is -0.363 e. The van der Waals surface area contributed by atoms with E-state index in [9.17, 15) is 0 Å². The van der Waals surface area contributed by atoms with Crippen molar-refractivity contribution in [2.75, 3.05) is 26.0 Å². The third-order valence-corrected chi connectivity index (χ3v) is 4.59. The third kappa shape index (κ3) is 5.41. The summed E-state index contributed by atoms with van der Waals surface area (Å²) in [6, 6.07) is 6.62. The van der Waals surface area contributed by atoms with E-state index in [0.29, 0.717) is 18.0 Å². The van der Waals surface area contributed by atoms with E-state index in [1.54, 1.807) is 0 Å². The van der Waals surface area contributed by atoms with Crippen LogP contribution in [0, 0.1) is 5.41 Å². The van der Waals surface area contributed by atoms with Gasteiger partial charge in [0.25, 0.3) is 0 Å². The number of hydrogen-bond donors (Lipinski definition) is 2. The lowest BCUT2D eigenvalue weighted by molar-refractivity contribution is 0.216. The minimum absolute atomic E-state index is 0.492. The molecule has 1 aromatic rings. The summed E-state index contributed by atoms with van der Waals surface area (Å²) in [5.74, 6) is 1.84. The molecule has 1 aliphatic rings. The predicted octanol–water partition coefficient (Wildman–Crippen LogP) is 2.78. The highest BCUT2D eigenvalue weighted by Crippen LogP contribution is 2.34. The Kier molecular flexibility index (Phi) is 5.85. The van der Waals surface area contributed by atoms with Gasteiger partial charge in [-0.15, -0.1) is 0 Å². The van der Waals surface area contributed by atoms with Gasteiger partial charge in [-0.1, -0.05) is 19.9 Å². The molecule has 5 nitrogen and oxygen atoms in total. The average molecular weight is 317 g/mol. The molecule has 1 saturated carbocycles. The fraction of sp³-hybridized carbons (Fsp3) is 0.667. The van der Waals surface area contributed by atoms with Crippen molar-refractivity contribution in [1.29, 1.82) is 0 Å². The highest BCUT2D eigenvalue weighted by Gasteiger charge is 2.27. The van der Waals surface area contributed by atoms with Gasteiger partial charge in [0.1, 0.15) is 5.82 Å². The van der Waals surface area contributed by atoms with Gasteiger partial charge in [-0.05, 0) is 43.2 Å². The summed E-state index contributed by atoms with van der Waals surface area (Å²) in [5.41, 5.74) is 1.51. The zero-order valence-electron chi connectivity index (χ0n) is 15.2. The lowest BCUT2D eigenvalue weighted by Crippen LogP contribution is -2.45. The first-order valence-corrected chi connectivity index (χ1v) is 8.50. The van der Waals surface area contributed by atoms with Crippen molar-refractivity contribution >= 4 is 11.8 Å². The fourth-order valence-electron chi connectivity index (χ4n) is 2.92. The highest BCUT2D eigenvalue weighted by atomic mass is 15.2. The van der Waals surface area contributed by atoms with Crippen molar-refractivity contribution in [3.63, 3.8) is 0 Å². The molecule has 0 saturated heterocycles. The van der Waals surface area contributed by atoms with Crippen LogP contribution < -0.4 is 15.5 Å². The molecule has 1 heterocycles. The van der Waals surface area contributed by atoms with E-state index in [2.05, 4.69) is 34.5 Å². The van der Waals surface area contributed by atoms with E-state index in [4.69, 9.17) is 0 Å². The maximum atomic E-state index is 4.63. The molecule has 0 unspecified atom stereocenters. The second-order valence-corrected chi connectivity index (χ2v) is 7.39. The molecule has 0 radical (unpaired) electrons. The Morgan fingerprint density at radius 2 is 2.00 bits per heavy atom. The molecule has 5 heteroatoms. The molecule has 0 amide bonds. The van der Waals surface area contributed by atoms with Crippen LogP contribution in [-0.4, -0.2) is 38.1 Å². The summed E-state index contributed by atoms with van der Waals surface area (Å²) < 4.78 is 0. The third-order valence-electron chi connectivity index (χ3n) is 4.59. The summed E-state index contributed by atoms with van der Waals surface area (Å²) >= 11 is 0. The predicted molar refractivity (Wildman–Crippen MR) is 97.9 cm³/mol. The van der Waals surface area contributed by atoms with Gasteiger partial charge in [0.2, 0.25) is 0 Å². The van der Waals surface area contributed by atoms with Gasteiger partial charge in [0.15, 0.2) is 5.96 Å². The standard InChI is InChI=1S/C18H31N5/c1-18(2)11-9-14(10-12-18)22-17(19-3)20-13-15-7-6-8-16(21-15)23(4)5/h6-8,14H,9-13H2,1-5H3,(H2,19,20,22). The Hall–Kier alpha value is -1.78. The summed E-state index contributed by atoms with van der Waals surface area (Å²) in [4.78, 5) is 11.0. The highest BCUT2D eigenvalue weighted by molar-refractivity contribution is 5.79. The number of nitrogens with one attached hydrogen (secondary N) is 2. The summed E-state index contributed by atoms with van der Waals surface area (Å²) in [5, 5.41) is 6.93. The van der Waals surface area contributed by atoms with Crippen LogP contribution in [0.1, 0.15) is 45.2 Å². The number of pyridine rings is 1. The first-order chi connectivity index (χ1) is 10.9. The second-order valence-electron chi connectivity index (χ2n) is 7.39. The van der Waals surface area contributed by atoms with Crippen molar-refractivity contribution in [3.05, 3.63) is 23.9 Å². The van der Waals surface area contributed by atoms with Crippen molar-refractivity contribution in [1.82, 2.24) is 15.6 Å². The van der Waals surface area contributed by atoms with Crippen LogP contribution in [0.25, 0.3) is 0 Å². The van der Waals surface area contributed by atoms with Gasteiger partial charge in [-0.25, -0.2) is 4.98 Å². The summed E-state index contributed by atoms with van der Waals surface area (Å²) in [6.07, 6.45) is 4.96. The van der Waals surface area contributed by atoms with Crippen LogP contribution in [0.2, 0.25) is 0 Å². The fourth-order valence-corrected chi connectivity index (χ4v) is 2.92. The van der Waals surface area contributed by atoms with Crippen LogP contribution in [0.5, 0.6) is 0 Å². The Balaban J connectivity index is 1.85. The van der Waals surface area contributed by atoms with Crippen molar-refractivity contribution in [2.24, 2.45) is 10.4 Å². The van der Waals surface area contributed by atoms with Crippen molar-refractivity contribution in [2.45, 2.75) is 52.1 Å². The van der Waals surface area contributed by atoms with Gasteiger partial charge in [0.05, 0.1) is 12.2 Å². The molecule has 0 aliphatic heterocycles. The van der Waals surface area contributed by atoms with E-state index in [0.717, 1.165) is 17.5 Å². The topological polar surface area (TPSA) is 52.6 Å². The van der Waals surface area contributed by atoms with Crippen LogP contribution in [-0.2, 0) is 6.54 Å². The van der Waals surface area contributed by atoms with Crippen LogP contribution >= 0.6 is 0 Å². The van der Waals surface area contributed by atoms with E-state index in [-0.39, 0.29) is 0 Å². The summed E-state index contributed by atoms with van der Waals surface area (Å²) in [7, 11) is 5.83. The first-order valence-electron chi connectivity index (χ1n) is 8.50. The zero-order valence-corrected chi connectivity index (χ0v) is 15.2. The van der Waals surface area contributed by atoms with E-state index in [1.807, 2.05) is 44.2 Å². The molecule has 1 aliphatic carbocycles. The molecular formula is C18H31N5. The average Bonchev–Trinajstić information content (AvgIpc) is 2.53. The Morgan fingerprint density at radius 1 is 1.30 bits per heavy atom. The van der Waals surface area contributed by atoms with Crippen molar-refractivity contribution < 1.29 is 0 Å². The van der Waals surface area contributed by atoms with Crippen LogP contribution in [0.15, 0.2) is 23.2 Å². The molecule has 128 valence electrons. The molecular weight excluding hydrogens is 286 g/mol. The van der Waals surface area contributed by atoms with E-state index < -0.39 is 0 Å². The molecule has 0 atom stereocenters. The number of anilines is 1. The SMILES string of the molecule is CN=C(NCc1cccc(N(C)C)n1)NC1CCC(C)(C)CC1. The second kappa shape index (κ2) is 7.66. The number of hydrogen-bond acceptors (Lipinski definition) is 3. The molecule has 0 bridgehead atoms. The number of rotatable bonds is 4.